The molecule has 1 aliphatic heterocycles. The van der Waals surface area contributed by atoms with Crippen molar-refractivity contribution in [3.05, 3.63) is 58.1 Å². The number of nitrogens with zero attached hydrogens (tertiary/aromatic N) is 1. The lowest BCUT2D eigenvalue weighted by atomic mass is 9.92. The van der Waals surface area contributed by atoms with Crippen LogP contribution in [0.15, 0.2) is 41.0 Å². The van der Waals surface area contributed by atoms with E-state index in [-0.39, 0.29) is 13.2 Å². The maximum atomic E-state index is 13.2. The predicted molar refractivity (Wildman–Crippen MR) is 96.6 cm³/mol. The first-order chi connectivity index (χ1) is 10.4. The molecule has 0 radical (unpaired) electrons. The third-order valence-electron chi connectivity index (χ3n) is 3.64. The number of benzene rings is 1. The van der Waals surface area contributed by atoms with Gasteiger partial charge in [-0.15, -0.1) is 0 Å². The quantitative estimate of drug-likeness (QED) is 0.777. The summed E-state index contributed by atoms with van der Waals surface area (Å²) in [5.41, 5.74) is 3.02. The Morgan fingerprint density at radius 1 is 1.22 bits per heavy atom. The molecule has 5 heteroatoms. The van der Waals surface area contributed by atoms with E-state index in [0.29, 0.717) is 5.69 Å². The topological polar surface area (TPSA) is 34.1 Å². The molecule has 1 aliphatic rings. The largest absolute Gasteiger partial charge is 0.482 e. The van der Waals surface area contributed by atoms with Crippen LogP contribution in [0, 0.1) is 5.82 Å². The minimum absolute atomic E-state index is 0. The van der Waals surface area contributed by atoms with Crippen LogP contribution in [0.25, 0.3) is 5.57 Å². The lowest BCUT2D eigenvalue weighted by molar-refractivity contribution is 0.155. The van der Waals surface area contributed by atoms with Gasteiger partial charge in [-0.25, -0.2) is 4.39 Å². The van der Waals surface area contributed by atoms with Crippen LogP contribution in [0.1, 0.15) is 32.5 Å². The minimum Gasteiger partial charge on any atom is -0.482 e. The van der Waals surface area contributed by atoms with Gasteiger partial charge in [-0.05, 0) is 38.1 Å². The highest BCUT2D eigenvalue weighted by Gasteiger charge is 2.34. The molecule has 0 bridgehead atoms. The molecule has 0 saturated carbocycles. The van der Waals surface area contributed by atoms with E-state index in [1.54, 1.807) is 6.07 Å². The Hall–Kier alpha value is -1.88. The summed E-state index contributed by atoms with van der Waals surface area (Å²) in [7, 11) is 1.86. The summed E-state index contributed by atoms with van der Waals surface area (Å²) in [5.74, 6) is 0.429. The number of halogens is 2. The Bertz CT molecular complexity index is 754. The standard InChI is InChI=1S/C17H16BrFN2O.CH4/c1-17(2)16(18)15(13-7-4-10(19)9-21-13)12-6-5-11(20-3)8-14(12)22-17;/h4-9,20H,1-3H3;1H4. The Morgan fingerprint density at radius 3 is 2.57 bits per heavy atom. The van der Waals surface area contributed by atoms with Crippen molar-refractivity contribution < 1.29 is 9.13 Å². The summed E-state index contributed by atoms with van der Waals surface area (Å²) >= 11 is 3.64. The second-order valence-electron chi connectivity index (χ2n) is 5.62. The molecule has 0 atom stereocenters. The number of nitrogens with one attached hydrogen (secondary N) is 1. The van der Waals surface area contributed by atoms with Gasteiger partial charge in [-0.2, -0.15) is 0 Å². The molecule has 2 aromatic rings. The highest BCUT2D eigenvalue weighted by molar-refractivity contribution is 9.12. The van der Waals surface area contributed by atoms with E-state index >= 15 is 0 Å². The number of aromatic nitrogens is 1. The smallest absolute Gasteiger partial charge is 0.141 e. The fourth-order valence-corrected chi connectivity index (χ4v) is 2.98. The van der Waals surface area contributed by atoms with Crippen molar-refractivity contribution in [2.75, 3.05) is 12.4 Å². The van der Waals surface area contributed by atoms with E-state index in [1.807, 2.05) is 39.1 Å². The molecule has 0 saturated heterocycles. The number of hydrogen-bond donors (Lipinski definition) is 1. The van der Waals surface area contributed by atoms with Crippen LogP contribution in [0.5, 0.6) is 5.75 Å². The summed E-state index contributed by atoms with van der Waals surface area (Å²) in [5, 5.41) is 3.10. The molecule has 23 heavy (non-hydrogen) atoms. The molecule has 0 unspecified atom stereocenters. The molecule has 1 aromatic heterocycles. The maximum Gasteiger partial charge on any atom is 0.141 e. The number of ether oxygens (including phenoxy) is 1. The number of pyridine rings is 1. The van der Waals surface area contributed by atoms with E-state index < -0.39 is 5.60 Å². The third-order valence-corrected chi connectivity index (χ3v) is 4.99. The van der Waals surface area contributed by atoms with Crippen molar-refractivity contribution in [1.82, 2.24) is 4.98 Å². The zero-order valence-corrected chi connectivity index (χ0v) is 14.2. The van der Waals surface area contributed by atoms with Crippen molar-refractivity contribution in [3.63, 3.8) is 0 Å². The van der Waals surface area contributed by atoms with E-state index in [9.17, 15) is 4.39 Å². The predicted octanol–water partition coefficient (Wildman–Crippen LogP) is 5.22. The number of anilines is 1. The number of fused-ring (bicyclic) bond motifs is 1. The van der Waals surface area contributed by atoms with Crippen molar-refractivity contribution in [2.24, 2.45) is 0 Å². The van der Waals surface area contributed by atoms with Gasteiger partial charge in [0, 0.05) is 34.4 Å². The lowest BCUT2D eigenvalue weighted by Gasteiger charge is -2.34. The summed E-state index contributed by atoms with van der Waals surface area (Å²) in [4.78, 5) is 4.23. The van der Waals surface area contributed by atoms with Crippen LogP contribution in [-0.2, 0) is 0 Å². The first-order valence-electron chi connectivity index (χ1n) is 6.96. The van der Waals surface area contributed by atoms with Gasteiger partial charge in [-0.1, -0.05) is 23.4 Å². The Labute approximate surface area is 144 Å². The third kappa shape index (κ3) is 3.11. The van der Waals surface area contributed by atoms with Crippen LogP contribution in [-0.4, -0.2) is 17.6 Å². The maximum absolute atomic E-state index is 13.2. The summed E-state index contributed by atoms with van der Waals surface area (Å²) in [6.45, 7) is 3.96. The van der Waals surface area contributed by atoms with Crippen LogP contribution in [0.4, 0.5) is 10.1 Å². The summed E-state index contributed by atoms with van der Waals surface area (Å²) in [6, 6.07) is 9.02. The highest BCUT2D eigenvalue weighted by Crippen LogP contribution is 2.46. The average molecular weight is 379 g/mol. The Morgan fingerprint density at radius 2 is 1.96 bits per heavy atom. The van der Waals surface area contributed by atoms with Gasteiger partial charge >= 0.3 is 0 Å². The van der Waals surface area contributed by atoms with Crippen molar-refractivity contribution in [2.45, 2.75) is 26.9 Å². The van der Waals surface area contributed by atoms with Crippen LogP contribution < -0.4 is 10.1 Å². The van der Waals surface area contributed by atoms with Gasteiger partial charge in [0.25, 0.3) is 0 Å². The lowest BCUT2D eigenvalue weighted by Crippen LogP contribution is -2.32. The van der Waals surface area contributed by atoms with E-state index in [2.05, 4.69) is 26.2 Å². The molecule has 0 fully saturated rings. The first-order valence-corrected chi connectivity index (χ1v) is 7.75. The molecule has 2 heterocycles. The normalized spacial score (nSPS) is 15.3. The van der Waals surface area contributed by atoms with Gasteiger partial charge in [0.15, 0.2) is 0 Å². The SMILES string of the molecule is C.CNc1ccc2c(c1)OC(C)(C)C(Br)=C2c1ccc(F)cn1. The summed E-state index contributed by atoms with van der Waals surface area (Å²) < 4.78 is 20.2. The first kappa shape index (κ1) is 17.5. The molecule has 1 N–H and O–H groups in total. The molecular weight excluding hydrogens is 359 g/mol. The fourth-order valence-electron chi connectivity index (χ4n) is 2.48. The highest BCUT2D eigenvalue weighted by atomic mass is 79.9. The molecule has 0 aliphatic carbocycles. The van der Waals surface area contributed by atoms with Gasteiger partial charge in [0.1, 0.15) is 17.2 Å². The van der Waals surface area contributed by atoms with Crippen LogP contribution in [0.3, 0.4) is 0 Å². The second-order valence-corrected chi connectivity index (χ2v) is 6.42. The van der Waals surface area contributed by atoms with Crippen molar-refractivity contribution in [1.29, 1.82) is 0 Å². The van der Waals surface area contributed by atoms with Crippen molar-refractivity contribution >= 4 is 27.2 Å². The second kappa shape index (κ2) is 6.32. The molecule has 1 aromatic carbocycles. The van der Waals surface area contributed by atoms with Crippen molar-refractivity contribution in [3.8, 4) is 5.75 Å². The van der Waals surface area contributed by atoms with Crippen LogP contribution in [0.2, 0.25) is 0 Å². The molecule has 0 spiro atoms. The van der Waals surface area contributed by atoms with Gasteiger partial charge in [0.2, 0.25) is 0 Å². The fraction of sp³-hybridized carbons (Fsp3) is 0.278. The van der Waals surface area contributed by atoms with Gasteiger partial charge < -0.3 is 10.1 Å². The Kier molecular flexibility index (Phi) is 4.80. The zero-order valence-electron chi connectivity index (χ0n) is 12.6. The zero-order chi connectivity index (χ0) is 15.9. The average Bonchev–Trinajstić information content (AvgIpc) is 2.49. The molecule has 3 rings (SSSR count). The number of hydrogen-bond acceptors (Lipinski definition) is 3. The van der Waals surface area contributed by atoms with E-state index in [4.69, 9.17) is 4.74 Å². The molecule has 3 nitrogen and oxygen atoms in total. The van der Waals surface area contributed by atoms with E-state index in [1.165, 1.54) is 12.3 Å². The molecule has 122 valence electrons. The molecular formula is C18H20BrFN2O. The van der Waals surface area contributed by atoms with Gasteiger partial charge in [-0.3, -0.25) is 4.98 Å². The molecule has 0 amide bonds. The monoisotopic (exact) mass is 378 g/mol. The van der Waals surface area contributed by atoms with Crippen LogP contribution >= 0.6 is 15.9 Å². The van der Waals surface area contributed by atoms with Gasteiger partial charge in [0.05, 0.1) is 11.9 Å². The Balaban J connectivity index is 0.00000192. The number of rotatable bonds is 2. The minimum atomic E-state index is -0.523. The summed E-state index contributed by atoms with van der Waals surface area (Å²) in [6.07, 6.45) is 1.23. The van der Waals surface area contributed by atoms with E-state index in [0.717, 1.165) is 27.1 Å².